The van der Waals surface area contributed by atoms with Gasteiger partial charge in [-0.25, -0.2) is 0 Å². The van der Waals surface area contributed by atoms with Crippen LogP contribution in [0, 0.1) is 0 Å². The average Bonchev–Trinajstić information content (AvgIpc) is 1.87. The van der Waals surface area contributed by atoms with Crippen molar-refractivity contribution in [2.75, 3.05) is 0 Å². The molecule has 0 saturated carbocycles. The van der Waals surface area contributed by atoms with Crippen LogP contribution in [0.2, 0.25) is 0 Å². The van der Waals surface area contributed by atoms with Gasteiger partial charge in [0.25, 0.3) is 0 Å². The van der Waals surface area contributed by atoms with Crippen molar-refractivity contribution in [1.82, 2.24) is 0 Å². The zero-order valence-electron chi connectivity index (χ0n) is 5.90. The Kier molecular flexibility index (Phi) is 4.18. The summed E-state index contributed by atoms with van der Waals surface area (Å²) in [6.45, 7) is 1.47. The van der Waals surface area contributed by atoms with Crippen LogP contribution in [0.1, 0.15) is 13.3 Å². The first kappa shape index (κ1) is 9.55. The Hall–Kier alpha value is -0.450. The fourth-order valence-electron chi connectivity index (χ4n) is 0.577. The molecule has 0 aliphatic rings. The lowest BCUT2D eigenvalue weighted by molar-refractivity contribution is -0.110. The van der Waals surface area contributed by atoms with Crippen LogP contribution in [0.4, 0.5) is 0 Å². The van der Waals surface area contributed by atoms with E-state index in [1.807, 2.05) is 0 Å². The van der Waals surface area contributed by atoms with Gasteiger partial charge in [-0.15, -0.1) is 0 Å². The third-order valence-electron chi connectivity index (χ3n) is 1.34. The monoisotopic (exact) mass is 147 g/mol. The van der Waals surface area contributed by atoms with E-state index >= 15 is 0 Å². The molecule has 4 heteroatoms. The Labute approximate surface area is 59.7 Å². The lowest BCUT2D eigenvalue weighted by Gasteiger charge is -2.18. The minimum absolute atomic E-state index is 0.0218. The largest absolute Gasteiger partial charge is 0.392 e. The van der Waals surface area contributed by atoms with Crippen LogP contribution >= 0.6 is 0 Å². The van der Waals surface area contributed by atoms with Gasteiger partial charge in [-0.05, 0) is 6.92 Å². The predicted molar refractivity (Wildman–Crippen MR) is 36.3 cm³/mol. The number of carbonyl (C=O) groups is 1. The molecule has 3 atom stereocenters. The molecule has 3 unspecified atom stereocenters. The number of carbonyl (C=O) groups excluding carboxylic acids is 1. The van der Waals surface area contributed by atoms with Gasteiger partial charge in [0, 0.05) is 6.42 Å². The molecule has 0 aromatic carbocycles. The highest BCUT2D eigenvalue weighted by molar-refractivity contribution is 5.50. The first-order valence-electron chi connectivity index (χ1n) is 3.15. The minimum atomic E-state index is -0.933. The van der Waals surface area contributed by atoms with Crippen LogP contribution in [0.15, 0.2) is 0 Å². The average molecular weight is 147 g/mol. The van der Waals surface area contributed by atoms with E-state index in [0.29, 0.717) is 6.29 Å². The summed E-state index contributed by atoms with van der Waals surface area (Å²) < 4.78 is 0. The summed E-state index contributed by atoms with van der Waals surface area (Å²) in [5, 5.41) is 17.8. The van der Waals surface area contributed by atoms with E-state index in [4.69, 9.17) is 15.9 Å². The standard InChI is InChI=1S/C6H13NO3/c1-4(9)6(7)5(10)2-3-8/h3-6,9-10H,2,7H2,1H3. The molecule has 0 heterocycles. The van der Waals surface area contributed by atoms with Crippen LogP contribution in [-0.4, -0.2) is 34.7 Å². The molecule has 0 aliphatic carbocycles. The molecule has 4 N–H and O–H groups in total. The molecule has 0 aromatic rings. The minimum Gasteiger partial charge on any atom is -0.392 e. The van der Waals surface area contributed by atoms with Gasteiger partial charge < -0.3 is 20.7 Å². The normalized spacial score (nSPS) is 19.6. The predicted octanol–water partition coefficient (Wildman–Crippen LogP) is -1.36. The van der Waals surface area contributed by atoms with E-state index in [-0.39, 0.29) is 6.42 Å². The zero-order chi connectivity index (χ0) is 8.15. The number of nitrogens with two attached hydrogens (primary N) is 1. The van der Waals surface area contributed by atoms with Gasteiger partial charge in [-0.3, -0.25) is 0 Å². The summed E-state index contributed by atoms with van der Waals surface area (Å²) >= 11 is 0. The summed E-state index contributed by atoms with van der Waals surface area (Å²) in [6, 6.07) is -0.731. The number of aldehydes is 1. The van der Waals surface area contributed by atoms with Crippen molar-refractivity contribution in [2.24, 2.45) is 5.73 Å². The van der Waals surface area contributed by atoms with Gasteiger partial charge in [-0.1, -0.05) is 0 Å². The van der Waals surface area contributed by atoms with Gasteiger partial charge in [0.15, 0.2) is 0 Å². The molecule has 0 radical (unpaired) electrons. The number of aliphatic hydroxyl groups is 2. The SMILES string of the molecule is CC(O)C(N)C(O)CC=O. The second-order valence-corrected chi connectivity index (χ2v) is 2.29. The van der Waals surface area contributed by atoms with Crippen molar-refractivity contribution in [2.45, 2.75) is 31.6 Å². The first-order chi connectivity index (χ1) is 4.59. The van der Waals surface area contributed by atoms with Crippen molar-refractivity contribution >= 4 is 6.29 Å². The van der Waals surface area contributed by atoms with Gasteiger partial charge in [-0.2, -0.15) is 0 Å². The van der Waals surface area contributed by atoms with Crippen molar-refractivity contribution in [1.29, 1.82) is 0 Å². The lowest BCUT2D eigenvalue weighted by atomic mass is 10.1. The van der Waals surface area contributed by atoms with Gasteiger partial charge >= 0.3 is 0 Å². The van der Waals surface area contributed by atoms with E-state index in [2.05, 4.69) is 0 Å². The van der Waals surface area contributed by atoms with E-state index in [0.717, 1.165) is 0 Å². The molecule has 0 aromatic heterocycles. The second kappa shape index (κ2) is 4.38. The summed E-state index contributed by atoms with van der Waals surface area (Å²) in [5.41, 5.74) is 5.29. The molecule has 0 rings (SSSR count). The Morgan fingerprint density at radius 2 is 2.10 bits per heavy atom. The molecule has 0 aliphatic heterocycles. The second-order valence-electron chi connectivity index (χ2n) is 2.29. The summed E-state index contributed by atoms with van der Waals surface area (Å²) in [4.78, 5) is 9.85. The fourth-order valence-corrected chi connectivity index (χ4v) is 0.577. The Balaban J connectivity index is 3.68. The number of aliphatic hydroxyl groups excluding tert-OH is 2. The van der Waals surface area contributed by atoms with E-state index in [1.54, 1.807) is 0 Å². The van der Waals surface area contributed by atoms with Gasteiger partial charge in [0.05, 0.1) is 18.2 Å². The maximum atomic E-state index is 9.85. The highest BCUT2D eigenvalue weighted by Crippen LogP contribution is 1.98. The van der Waals surface area contributed by atoms with E-state index in [9.17, 15) is 4.79 Å². The molecule has 0 saturated heterocycles. The highest BCUT2D eigenvalue weighted by atomic mass is 16.3. The zero-order valence-corrected chi connectivity index (χ0v) is 5.90. The van der Waals surface area contributed by atoms with Crippen molar-refractivity contribution in [3.05, 3.63) is 0 Å². The summed E-state index contributed by atoms with van der Waals surface area (Å²) in [7, 11) is 0. The molecular weight excluding hydrogens is 134 g/mol. The molecule has 0 fully saturated rings. The lowest BCUT2D eigenvalue weighted by Crippen LogP contribution is -2.43. The van der Waals surface area contributed by atoms with Crippen LogP contribution in [-0.2, 0) is 4.79 Å². The first-order valence-corrected chi connectivity index (χ1v) is 3.15. The Morgan fingerprint density at radius 1 is 1.60 bits per heavy atom. The molecule has 0 amide bonds. The van der Waals surface area contributed by atoms with Crippen molar-refractivity contribution < 1.29 is 15.0 Å². The Morgan fingerprint density at radius 3 is 2.40 bits per heavy atom. The molecule has 60 valence electrons. The molecule has 0 bridgehead atoms. The third-order valence-corrected chi connectivity index (χ3v) is 1.34. The summed E-state index contributed by atoms with van der Waals surface area (Å²) in [5.74, 6) is 0. The molecule has 0 spiro atoms. The maximum Gasteiger partial charge on any atom is 0.122 e. The van der Waals surface area contributed by atoms with Crippen LogP contribution in [0.25, 0.3) is 0 Å². The smallest absolute Gasteiger partial charge is 0.122 e. The molecular formula is C6H13NO3. The van der Waals surface area contributed by atoms with Gasteiger partial charge in [0.1, 0.15) is 6.29 Å². The van der Waals surface area contributed by atoms with Crippen LogP contribution in [0.3, 0.4) is 0 Å². The number of hydrogen-bond donors (Lipinski definition) is 3. The Bertz CT molecular complexity index is 105. The van der Waals surface area contributed by atoms with Crippen LogP contribution in [0.5, 0.6) is 0 Å². The van der Waals surface area contributed by atoms with Crippen LogP contribution < -0.4 is 5.73 Å². The van der Waals surface area contributed by atoms with Gasteiger partial charge in [0.2, 0.25) is 0 Å². The van der Waals surface area contributed by atoms with E-state index < -0.39 is 18.2 Å². The maximum absolute atomic E-state index is 9.85. The van der Waals surface area contributed by atoms with Crippen molar-refractivity contribution in [3.8, 4) is 0 Å². The quantitative estimate of drug-likeness (QED) is 0.429. The fraction of sp³-hybridized carbons (Fsp3) is 0.833. The van der Waals surface area contributed by atoms with Crippen molar-refractivity contribution in [3.63, 3.8) is 0 Å². The summed E-state index contributed by atoms with van der Waals surface area (Å²) in [6.07, 6.45) is -1.16. The number of hydrogen-bond acceptors (Lipinski definition) is 4. The molecule has 4 nitrogen and oxygen atoms in total. The topological polar surface area (TPSA) is 83.6 Å². The third kappa shape index (κ3) is 2.91. The highest BCUT2D eigenvalue weighted by Gasteiger charge is 2.18. The van der Waals surface area contributed by atoms with E-state index in [1.165, 1.54) is 6.92 Å². The number of rotatable bonds is 4. The molecule has 10 heavy (non-hydrogen) atoms.